The largest absolute Gasteiger partial charge is 0.0876 e. The minimum atomic E-state index is 0.917. The standard InChI is InChI=1S/C19H17Br/c20-12-14-5-3-7-17-16(14)10-11-18-15-6-2-1-4-13(15)8-9-19(17)18/h3,5,7-11H,1-2,4,6,12H2. The lowest BCUT2D eigenvalue weighted by Crippen LogP contribution is -2.03. The van der Waals surface area contributed by atoms with Crippen molar-refractivity contribution >= 4 is 37.5 Å². The molecule has 0 aromatic heterocycles. The Hall–Kier alpha value is -1.34. The lowest BCUT2D eigenvalue weighted by molar-refractivity contribution is 0.690. The first kappa shape index (κ1) is 12.4. The maximum Gasteiger partial charge on any atom is 0.0289 e. The fourth-order valence-corrected chi connectivity index (χ4v) is 4.10. The minimum Gasteiger partial charge on any atom is -0.0876 e. The van der Waals surface area contributed by atoms with Crippen LogP contribution in [0, 0.1) is 0 Å². The summed E-state index contributed by atoms with van der Waals surface area (Å²) in [5.41, 5.74) is 4.54. The Morgan fingerprint density at radius 3 is 2.40 bits per heavy atom. The van der Waals surface area contributed by atoms with Crippen LogP contribution in [-0.2, 0) is 18.2 Å². The molecule has 0 bridgehead atoms. The third kappa shape index (κ3) is 1.80. The van der Waals surface area contributed by atoms with Gasteiger partial charge in [0.1, 0.15) is 0 Å². The molecule has 3 aromatic rings. The summed E-state index contributed by atoms with van der Waals surface area (Å²) < 4.78 is 0. The van der Waals surface area contributed by atoms with Crippen molar-refractivity contribution < 1.29 is 0 Å². The molecule has 0 radical (unpaired) electrons. The van der Waals surface area contributed by atoms with Crippen LogP contribution in [0.15, 0.2) is 42.5 Å². The van der Waals surface area contributed by atoms with Gasteiger partial charge in [-0.15, -0.1) is 0 Å². The van der Waals surface area contributed by atoms with E-state index in [1.807, 2.05) is 0 Å². The first-order valence-corrected chi connectivity index (χ1v) is 8.51. The molecule has 4 rings (SSSR count). The zero-order chi connectivity index (χ0) is 13.5. The molecule has 1 aliphatic rings. The van der Waals surface area contributed by atoms with Gasteiger partial charge in [0.05, 0.1) is 0 Å². The van der Waals surface area contributed by atoms with E-state index in [-0.39, 0.29) is 0 Å². The zero-order valence-electron chi connectivity index (χ0n) is 11.5. The van der Waals surface area contributed by atoms with E-state index < -0.39 is 0 Å². The molecule has 100 valence electrons. The van der Waals surface area contributed by atoms with Crippen LogP contribution in [0.1, 0.15) is 29.5 Å². The van der Waals surface area contributed by atoms with E-state index in [2.05, 4.69) is 58.4 Å². The Morgan fingerprint density at radius 1 is 0.750 bits per heavy atom. The molecule has 0 fully saturated rings. The highest BCUT2D eigenvalue weighted by atomic mass is 79.9. The molecule has 0 N–H and O–H groups in total. The number of benzene rings is 3. The molecule has 0 spiro atoms. The number of alkyl halides is 1. The van der Waals surface area contributed by atoms with Gasteiger partial charge in [-0.2, -0.15) is 0 Å². The Labute approximate surface area is 127 Å². The Kier molecular flexibility index (Phi) is 3.03. The van der Waals surface area contributed by atoms with E-state index in [1.54, 1.807) is 11.1 Å². The molecule has 0 heterocycles. The highest BCUT2D eigenvalue weighted by Gasteiger charge is 2.13. The predicted molar refractivity (Wildman–Crippen MR) is 90.7 cm³/mol. The second-order valence-corrected chi connectivity index (χ2v) is 6.28. The van der Waals surface area contributed by atoms with Crippen LogP contribution in [-0.4, -0.2) is 0 Å². The van der Waals surface area contributed by atoms with Crippen LogP contribution in [0.4, 0.5) is 0 Å². The summed E-state index contributed by atoms with van der Waals surface area (Å²) in [6, 6.07) is 16.0. The van der Waals surface area contributed by atoms with Gasteiger partial charge in [-0.1, -0.05) is 58.4 Å². The van der Waals surface area contributed by atoms with E-state index in [0.29, 0.717) is 0 Å². The normalized spacial score (nSPS) is 14.7. The summed E-state index contributed by atoms with van der Waals surface area (Å²) in [6.45, 7) is 0. The van der Waals surface area contributed by atoms with Crippen LogP contribution in [0.5, 0.6) is 0 Å². The van der Waals surface area contributed by atoms with Crippen LogP contribution in [0.2, 0.25) is 0 Å². The van der Waals surface area contributed by atoms with Crippen molar-refractivity contribution in [3.05, 3.63) is 59.2 Å². The Morgan fingerprint density at radius 2 is 1.50 bits per heavy atom. The molecule has 0 unspecified atom stereocenters. The third-order valence-electron chi connectivity index (χ3n) is 4.62. The molecular formula is C19H17Br. The van der Waals surface area contributed by atoms with Gasteiger partial charge >= 0.3 is 0 Å². The van der Waals surface area contributed by atoms with Crippen molar-refractivity contribution in [1.82, 2.24) is 0 Å². The smallest absolute Gasteiger partial charge is 0.0289 e. The molecule has 3 aromatic carbocycles. The monoisotopic (exact) mass is 324 g/mol. The Balaban J connectivity index is 2.11. The Bertz CT molecular complexity index is 802. The molecule has 0 nitrogen and oxygen atoms in total. The van der Waals surface area contributed by atoms with Crippen LogP contribution >= 0.6 is 15.9 Å². The number of aryl methyl sites for hydroxylation is 2. The van der Waals surface area contributed by atoms with Crippen molar-refractivity contribution in [3.8, 4) is 0 Å². The first-order chi connectivity index (χ1) is 9.88. The van der Waals surface area contributed by atoms with Gasteiger partial charge in [0.25, 0.3) is 0 Å². The molecular weight excluding hydrogens is 308 g/mol. The fourth-order valence-electron chi connectivity index (χ4n) is 3.61. The van der Waals surface area contributed by atoms with Gasteiger partial charge in [0.2, 0.25) is 0 Å². The van der Waals surface area contributed by atoms with Crippen LogP contribution in [0.3, 0.4) is 0 Å². The van der Waals surface area contributed by atoms with Gasteiger partial charge in [-0.25, -0.2) is 0 Å². The van der Waals surface area contributed by atoms with Crippen molar-refractivity contribution in [2.45, 2.75) is 31.0 Å². The molecule has 0 atom stereocenters. The number of hydrogen-bond acceptors (Lipinski definition) is 0. The van der Waals surface area contributed by atoms with E-state index in [0.717, 1.165) is 5.33 Å². The highest BCUT2D eigenvalue weighted by Crippen LogP contribution is 2.34. The topological polar surface area (TPSA) is 0 Å². The number of rotatable bonds is 1. The maximum atomic E-state index is 3.60. The first-order valence-electron chi connectivity index (χ1n) is 7.39. The van der Waals surface area contributed by atoms with E-state index in [9.17, 15) is 0 Å². The average Bonchev–Trinajstić information content (AvgIpc) is 2.53. The molecule has 0 saturated heterocycles. The number of halogens is 1. The molecule has 20 heavy (non-hydrogen) atoms. The summed E-state index contributed by atoms with van der Waals surface area (Å²) in [7, 11) is 0. The predicted octanol–water partition coefficient (Wildman–Crippen LogP) is 5.77. The van der Waals surface area contributed by atoms with Crippen LogP contribution in [0.25, 0.3) is 21.5 Å². The molecule has 1 heteroatoms. The second kappa shape index (κ2) is 4.89. The summed E-state index contributed by atoms with van der Waals surface area (Å²) in [5, 5.41) is 6.59. The third-order valence-corrected chi connectivity index (χ3v) is 5.23. The fraction of sp³-hybridized carbons (Fsp3) is 0.263. The summed E-state index contributed by atoms with van der Waals surface area (Å²) in [5.74, 6) is 0. The van der Waals surface area contributed by atoms with Gasteiger partial charge < -0.3 is 0 Å². The lowest BCUT2D eigenvalue weighted by Gasteiger charge is -2.19. The summed E-state index contributed by atoms with van der Waals surface area (Å²) in [4.78, 5) is 0. The minimum absolute atomic E-state index is 0.917. The summed E-state index contributed by atoms with van der Waals surface area (Å²) >= 11 is 3.60. The zero-order valence-corrected chi connectivity index (χ0v) is 13.0. The SMILES string of the molecule is BrCc1cccc2c1ccc1c3c(ccc12)CCCC3. The quantitative estimate of drug-likeness (QED) is 0.394. The van der Waals surface area contributed by atoms with Crippen molar-refractivity contribution in [2.24, 2.45) is 0 Å². The van der Waals surface area contributed by atoms with E-state index >= 15 is 0 Å². The van der Waals surface area contributed by atoms with Crippen molar-refractivity contribution in [3.63, 3.8) is 0 Å². The van der Waals surface area contributed by atoms with Crippen molar-refractivity contribution in [1.29, 1.82) is 0 Å². The van der Waals surface area contributed by atoms with Crippen molar-refractivity contribution in [2.75, 3.05) is 0 Å². The molecule has 0 saturated carbocycles. The van der Waals surface area contributed by atoms with Gasteiger partial charge in [-0.05, 0) is 63.9 Å². The second-order valence-electron chi connectivity index (χ2n) is 5.72. The summed E-state index contributed by atoms with van der Waals surface area (Å²) in [6.07, 6.45) is 5.19. The van der Waals surface area contributed by atoms with Gasteiger partial charge in [0.15, 0.2) is 0 Å². The van der Waals surface area contributed by atoms with E-state index in [1.165, 1.54) is 52.8 Å². The van der Waals surface area contributed by atoms with Gasteiger partial charge in [-0.3, -0.25) is 0 Å². The lowest BCUT2D eigenvalue weighted by atomic mass is 9.86. The molecule has 1 aliphatic carbocycles. The van der Waals surface area contributed by atoms with Gasteiger partial charge in [0, 0.05) is 5.33 Å². The molecule has 0 amide bonds. The average molecular weight is 325 g/mol. The van der Waals surface area contributed by atoms with Crippen LogP contribution < -0.4 is 0 Å². The van der Waals surface area contributed by atoms with E-state index in [4.69, 9.17) is 0 Å². The number of fused-ring (bicyclic) bond motifs is 5. The maximum absolute atomic E-state index is 3.60. The highest BCUT2D eigenvalue weighted by molar-refractivity contribution is 9.08. The molecule has 0 aliphatic heterocycles. The number of hydrogen-bond donors (Lipinski definition) is 0.